The topological polar surface area (TPSA) is 94.5 Å². The monoisotopic (exact) mass is 332 g/mol. The minimum atomic E-state index is -0.388. The number of carbonyl (C=O) groups is 1. The Balaban J connectivity index is 2.06. The molecule has 1 unspecified atom stereocenters. The predicted molar refractivity (Wildman–Crippen MR) is 88.8 cm³/mol. The van der Waals surface area contributed by atoms with Gasteiger partial charge in [0.1, 0.15) is 17.9 Å². The lowest BCUT2D eigenvalue weighted by Gasteiger charge is -2.15. The van der Waals surface area contributed by atoms with Gasteiger partial charge >= 0.3 is 5.69 Å². The number of nitrogens with one attached hydrogen (secondary N) is 2. The molecule has 0 saturated carbocycles. The van der Waals surface area contributed by atoms with Gasteiger partial charge in [0.25, 0.3) is 5.91 Å². The Labute approximate surface area is 140 Å². The third-order valence-corrected chi connectivity index (χ3v) is 3.89. The summed E-state index contributed by atoms with van der Waals surface area (Å²) in [7, 11) is 3.59. The highest BCUT2D eigenvalue weighted by Crippen LogP contribution is 2.20. The van der Waals surface area contributed by atoms with Crippen LogP contribution < -0.4 is 10.2 Å². The summed E-state index contributed by atoms with van der Waals surface area (Å²) < 4.78 is 1.67. The maximum absolute atomic E-state index is 11.5. The number of quaternary nitrogens is 1. The molecule has 2 N–H and O–H groups in total. The number of amides is 1. The molecule has 24 heavy (non-hydrogen) atoms. The van der Waals surface area contributed by atoms with E-state index in [1.54, 1.807) is 37.7 Å². The van der Waals surface area contributed by atoms with Crippen molar-refractivity contribution in [1.29, 1.82) is 0 Å². The second-order valence-corrected chi connectivity index (χ2v) is 5.84. The molecule has 0 radical (unpaired) electrons. The minimum Gasteiger partial charge on any atom is -0.355 e. The molecule has 0 saturated heterocycles. The smallest absolute Gasteiger partial charge is 0.312 e. The van der Waals surface area contributed by atoms with Gasteiger partial charge in [0.05, 0.1) is 12.0 Å². The van der Waals surface area contributed by atoms with Crippen LogP contribution in [0.3, 0.4) is 0 Å². The lowest BCUT2D eigenvalue weighted by molar-refractivity contribution is -0.917. The first kappa shape index (κ1) is 17.6. The van der Waals surface area contributed by atoms with Gasteiger partial charge in [0.2, 0.25) is 0 Å². The number of nitrogens with zero attached hydrogens (tertiary/aromatic N) is 3. The van der Waals surface area contributed by atoms with Crippen LogP contribution in [0.15, 0.2) is 24.3 Å². The Hall–Kier alpha value is -2.74. The molecule has 8 nitrogen and oxygen atoms in total. The minimum absolute atomic E-state index is 0.0812. The van der Waals surface area contributed by atoms with Gasteiger partial charge in [0.15, 0.2) is 6.67 Å². The highest BCUT2D eigenvalue weighted by molar-refractivity contribution is 5.93. The fraction of sp³-hybridized carbons (Fsp3) is 0.375. The Morgan fingerprint density at radius 2 is 1.96 bits per heavy atom. The van der Waals surface area contributed by atoms with E-state index in [4.69, 9.17) is 0 Å². The van der Waals surface area contributed by atoms with Crippen LogP contribution in [-0.2, 0) is 13.2 Å². The number of hydrogen-bond acceptors (Lipinski definition) is 4. The van der Waals surface area contributed by atoms with E-state index in [0.29, 0.717) is 23.6 Å². The lowest BCUT2D eigenvalue weighted by Crippen LogP contribution is -3.07. The van der Waals surface area contributed by atoms with Gasteiger partial charge in [-0.25, -0.2) is 4.68 Å². The standard InChI is InChI=1S/C16H21N5O3/c1-11-15(21(23)24)12(2)20(18-11)10-19(4)9-13-5-7-14(8-6-13)16(22)17-3/h5-8H,9-10H2,1-4H3,(H,17,22)/p+1. The molecular weight excluding hydrogens is 310 g/mol. The van der Waals surface area contributed by atoms with Gasteiger partial charge in [-0.2, -0.15) is 5.10 Å². The normalized spacial score (nSPS) is 12.0. The molecule has 8 heteroatoms. The van der Waals surface area contributed by atoms with Crippen molar-refractivity contribution in [3.05, 3.63) is 56.9 Å². The van der Waals surface area contributed by atoms with Crippen LogP contribution in [0.5, 0.6) is 0 Å². The number of hydrogen-bond donors (Lipinski definition) is 2. The zero-order valence-corrected chi connectivity index (χ0v) is 14.3. The van der Waals surface area contributed by atoms with Crippen LogP contribution in [0.1, 0.15) is 27.3 Å². The lowest BCUT2D eigenvalue weighted by atomic mass is 10.1. The molecule has 1 atom stereocenters. The van der Waals surface area contributed by atoms with Crippen LogP contribution in [0, 0.1) is 24.0 Å². The summed E-state index contributed by atoms with van der Waals surface area (Å²) in [6, 6.07) is 7.40. The Kier molecular flexibility index (Phi) is 5.30. The zero-order chi connectivity index (χ0) is 17.9. The first-order valence-electron chi connectivity index (χ1n) is 7.64. The van der Waals surface area contributed by atoms with E-state index >= 15 is 0 Å². The van der Waals surface area contributed by atoms with Gasteiger partial charge in [-0.05, 0) is 26.0 Å². The highest BCUT2D eigenvalue weighted by Gasteiger charge is 2.23. The first-order chi connectivity index (χ1) is 11.3. The van der Waals surface area contributed by atoms with Crippen LogP contribution in [0.25, 0.3) is 0 Å². The van der Waals surface area contributed by atoms with Crippen LogP contribution in [0.4, 0.5) is 5.69 Å². The van der Waals surface area contributed by atoms with E-state index in [-0.39, 0.29) is 16.5 Å². The molecular formula is C16H22N5O3+. The van der Waals surface area contributed by atoms with Crippen molar-refractivity contribution in [1.82, 2.24) is 15.1 Å². The van der Waals surface area contributed by atoms with Crippen LogP contribution in [-0.4, -0.2) is 34.7 Å². The Morgan fingerprint density at radius 3 is 2.46 bits per heavy atom. The van der Waals surface area contributed by atoms with Crippen molar-refractivity contribution < 1.29 is 14.6 Å². The van der Waals surface area contributed by atoms with Gasteiger partial charge in [-0.15, -0.1) is 0 Å². The maximum Gasteiger partial charge on any atom is 0.312 e. The summed E-state index contributed by atoms with van der Waals surface area (Å²) in [4.78, 5) is 23.3. The molecule has 0 spiro atoms. The number of aromatic nitrogens is 2. The third kappa shape index (κ3) is 3.77. The van der Waals surface area contributed by atoms with E-state index in [1.165, 1.54) is 0 Å². The summed E-state index contributed by atoms with van der Waals surface area (Å²) in [6.07, 6.45) is 0. The largest absolute Gasteiger partial charge is 0.355 e. The number of rotatable bonds is 6. The Bertz CT molecular complexity index is 752. The van der Waals surface area contributed by atoms with E-state index in [0.717, 1.165) is 17.0 Å². The van der Waals surface area contributed by atoms with Gasteiger partial charge < -0.3 is 10.2 Å². The van der Waals surface area contributed by atoms with Gasteiger partial charge in [-0.1, -0.05) is 12.1 Å². The average Bonchev–Trinajstić information content (AvgIpc) is 2.81. The molecule has 2 aromatic rings. The molecule has 0 bridgehead atoms. The number of benzene rings is 1. The van der Waals surface area contributed by atoms with Crippen molar-refractivity contribution in [3.63, 3.8) is 0 Å². The van der Waals surface area contributed by atoms with Crippen molar-refractivity contribution in [2.45, 2.75) is 27.1 Å². The summed E-state index contributed by atoms with van der Waals surface area (Å²) in [6.45, 7) is 4.61. The maximum atomic E-state index is 11.5. The molecule has 1 heterocycles. The van der Waals surface area contributed by atoms with Crippen LogP contribution in [0.2, 0.25) is 0 Å². The average molecular weight is 332 g/mol. The number of nitro groups is 1. The predicted octanol–water partition coefficient (Wildman–Crippen LogP) is 0.440. The van der Waals surface area contributed by atoms with E-state index in [2.05, 4.69) is 10.4 Å². The van der Waals surface area contributed by atoms with Crippen molar-refractivity contribution in [2.24, 2.45) is 0 Å². The van der Waals surface area contributed by atoms with Gasteiger partial charge in [-0.3, -0.25) is 14.9 Å². The molecule has 0 aliphatic rings. The van der Waals surface area contributed by atoms with E-state index in [1.807, 2.05) is 19.2 Å². The van der Waals surface area contributed by atoms with Crippen molar-refractivity contribution in [3.8, 4) is 0 Å². The molecule has 2 rings (SSSR count). The third-order valence-electron chi connectivity index (χ3n) is 3.89. The highest BCUT2D eigenvalue weighted by atomic mass is 16.6. The molecule has 1 amide bonds. The molecule has 0 aliphatic carbocycles. The van der Waals surface area contributed by atoms with Crippen molar-refractivity contribution >= 4 is 11.6 Å². The summed E-state index contributed by atoms with van der Waals surface area (Å²) in [5.41, 5.74) is 2.77. The van der Waals surface area contributed by atoms with Crippen molar-refractivity contribution in [2.75, 3.05) is 14.1 Å². The molecule has 128 valence electrons. The fourth-order valence-corrected chi connectivity index (χ4v) is 2.68. The fourth-order valence-electron chi connectivity index (χ4n) is 2.68. The molecule has 0 aliphatic heterocycles. The summed E-state index contributed by atoms with van der Waals surface area (Å²) in [5.74, 6) is -0.114. The number of aryl methyl sites for hydroxylation is 1. The quantitative estimate of drug-likeness (QED) is 0.593. The van der Waals surface area contributed by atoms with Gasteiger partial charge in [0, 0.05) is 18.2 Å². The second-order valence-electron chi connectivity index (χ2n) is 5.84. The summed E-state index contributed by atoms with van der Waals surface area (Å²) in [5, 5.41) is 17.9. The van der Waals surface area contributed by atoms with E-state index < -0.39 is 0 Å². The molecule has 1 aromatic carbocycles. The first-order valence-corrected chi connectivity index (χ1v) is 7.64. The number of carbonyl (C=O) groups excluding carboxylic acids is 1. The second kappa shape index (κ2) is 7.22. The zero-order valence-electron chi connectivity index (χ0n) is 14.3. The van der Waals surface area contributed by atoms with Crippen LogP contribution >= 0.6 is 0 Å². The van der Waals surface area contributed by atoms with E-state index in [9.17, 15) is 14.9 Å². The summed E-state index contributed by atoms with van der Waals surface area (Å²) >= 11 is 0. The SMILES string of the molecule is CNC(=O)c1ccc(C[NH+](C)Cn2nc(C)c([N+](=O)[O-])c2C)cc1. The Morgan fingerprint density at radius 1 is 1.33 bits per heavy atom. The molecule has 1 aromatic heterocycles. The molecule has 0 fully saturated rings.